The predicted octanol–water partition coefficient (Wildman–Crippen LogP) is 7.46. The zero-order chi connectivity index (χ0) is 25.5. The summed E-state index contributed by atoms with van der Waals surface area (Å²) in [5, 5.41) is 0. The van der Waals surface area contributed by atoms with Crippen LogP contribution >= 0.6 is 0 Å². The van der Waals surface area contributed by atoms with Crippen molar-refractivity contribution in [3.8, 4) is 5.75 Å². The molecule has 0 heterocycles. The van der Waals surface area contributed by atoms with E-state index in [4.69, 9.17) is 9.47 Å². The minimum atomic E-state index is -0.0697. The Labute approximate surface area is 217 Å². The molecule has 4 heteroatoms. The average Bonchev–Trinajstić information content (AvgIpc) is 3.24. The first-order chi connectivity index (χ1) is 17.3. The molecule has 9 atom stereocenters. The minimum absolute atomic E-state index is 0.0267. The fourth-order valence-corrected chi connectivity index (χ4v) is 9.78. The maximum Gasteiger partial charge on any atom is 0.314 e. The van der Waals surface area contributed by atoms with Crippen molar-refractivity contribution in [1.82, 2.24) is 0 Å². The van der Waals surface area contributed by atoms with Gasteiger partial charge in [-0.2, -0.15) is 0 Å². The fourth-order valence-electron chi connectivity index (χ4n) is 9.78. The van der Waals surface area contributed by atoms with Crippen LogP contribution in [0, 0.1) is 52.3 Å². The van der Waals surface area contributed by atoms with Crippen LogP contribution in [-0.4, -0.2) is 19.0 Å². The lowest BCUT2D eigenvalue weighted by atomic mass is 9.44. The second-order valence-electron chi connectivity index (χ2n) is 13.2. The zero-order valence-electron chi connectivity index (χ0n) is 22.8. The molecular weight excluding hydrogens is 448 g/mol. The summed E-state index contributed by atoms with van der Waals surface area (Å²) in [5.74, 6) is 5.00. The van der Waals surface area contributed by atoms with Crippen molar-refractivity contribution < 1.29 is 19.1 Å². The van der Waals surface area contributed by atoms with Gasteiger partial charge in [-0.3, -0.25) is 9.59 Å². The second kappa shape index (κ2) is 10.1. The number of carbonyl (C=O) groups is 2. The van der Waals surface area contributed by atoms with Crippen LogP contribution in [0.25, 0.3) is 0 Å². The van der Waals surface area contributed by atoms with Crippen molar-refractivity contribution in [2.75, 3.05) is 7.11 Å². The molecule has 4 aliphatic carbocycles. The molecule has 0 amide bonds. The van der Waals surface area contributed by atoms with Gasteiger partial charge in [0.1, 0.15) is 5.75 Å². The molecule has 4 saturated carbocycles. The molecular formula is C32H46O4. The lowest BCUT2D eigenvalue weighted by Gasteiger charge is -2.61. The third kappa shape index (κ3) is 4.52. The van der Waals surface area contributed by atoms with Gasteiger partial charge in [0.2, 0.25) is 0 Å². The lowest BCUT2D eigenvalue weighted by molar-refractivity contribution is -0.150. The Hall–Kier alpha value is -1.84. The third-order valence-electron chi connectivity index (χ3n) is 11.8. The van der Waals surface area contributed by atoms with E-state index < -0.39 is 0 Å². The molecule has 1 aromatic rings. The summed E-state index contributed by atoms with van der Waals surface area (Å²) in [7, 11) is 1.50. The summed E-state index contributed by atoms with van der Waals surface area (Å²) >= 11 is 0. The van der Waals surface area contributed by atoms with Crippen molar-refractivity contribution in [1.29, 1.82) is 0 Å². The molecule has 0 spiro atoms. The van der Waals surface area contributed by atoms with Crippen LogP contribution in [0.2, 0.25) is 0 Å². The van der Waals surface area contributed by atoms with E-state index in [1.807, 2.05) is 30.3 Å². The molecule has 0 aliphatic heterocycles. The molecule has 0 radical (unpaired) electrons. The SMILES string of the molecule is COC(=O)CCC(C)C1CCC2C3CC[C@@H]4C[C@H](C(=O)Oc5ccccc5)CC[C@]4(C)C3CC[C@]12C. The van der Waals surface area contributed by atoms with Crippen LogP contribution in [0.15, 0.2) is 30.3 Å². The minimum Gasteiger partial charge on any atom is -0.469 e. The van der Waals surface area contributed by atoms with Crippen LogP contribution in [0.4, 0.5) is 0 Å². The highest BCUT2D eigenvalue weighted by Gasteiger charge is 2.60. The highest BCUT2D eigenvalue weighted by molar-refractivity contribution is 5.75. The van der Waals surface area contributed by atoms with Gasteiger partial charge < -0.3 is 9.47 Å². The molecule has 4 fully saturated rings. The van der Waals surface area contributed by atoms with Crippen LogP contribution in [0.5, 0.6) is 5.75 Å². The first kappa shape index (κ1) is 25.8. The number of para-hydroxylation sites is 1. The van der Waals surface area contributed by atoms with E-state index in [1.165, 1.54) is 45.6 Å². The Bertz CT molecular complexity index is 943. The molecule has 5 rings (SSSR count). The first-order valence-corrected chi connectivity index (χ1v) is 14.6. The van der Waals surface area contributed by atoms with E-state index in [-0.39, 0.29) is 17.9 Å². The fraction of sp³-hybridized carbons (Fsp3) is 0.750. The van der Waals surface area contributed by atoms with Gasteiger partial charge in [0.25, 0.3) is 0 Å². The number of carbonyl (C=O) groups excluding carboxylic acids is 2. The Morgan fingerprint density at radius 3 is 2.42 bits per heavy atom. The third-order valence-corrected chi connectivity index (χ3v) is 11.8. The molecule has 198 valence electrons. The highest BCUT2D eigenvalue weighted by atomic mass is 16.5. The van der Waals surface area contributed by atoms with Crippen molar-refractivity contribution >= 4 is 11.9 Å². The number of esters is 2. The monoisotopic (exact) mass is 494 g/mol. The predicted molar refractivity (Wildman–Crippen MR) is 141 cm³/mol. The van der Waals surface area contributed by atoms with E-state index in [1.54, 1.807) is 0 Å². The number of ether oxygens (including phenoxy) is 2. The second-order valence-corrected chi connectivity index (χ2v) is 13.2. The summed E-state index contributed by atoms with van der Waals surface area (Å²) in [6.07, 6.45) is 12.6. The smallest absolute Gasteiger partial charge is 0.314 e. The molecule has 0 bridgehead atoms. The largest absolute Gasteiger partial charge is 0.469 e. The number of fused-ring (bicyclic) bond motifs is 5. The quantitative estimate of drug-likeness (QED) is 0.304. The number of hydrogen-bond donors (Lipinski definition) is 0. The Morgan fingerprint density at radius 1 is 0.944 bits per heavy atom. The molecule has 1 aromatic carbocycles. The Balaban J connectivity index is 1.24. The number of benzene rings is 1. The number of hydrogen-bond acceptors (Lipinski definition) is 4. The summed E-state index contributed by atoms with van der Waals surface area (Å²) in [6.45, 7) is 7.54. The molecule has 0 aromatic heterocycles. The van der Waals surface area contributed by atoms with Gasteiger partial charge in [0, 0.05) is 6.42 Å². The van der Waals surface area contributed by atoms with Gasteiger partial charge in [0.15, 0.2) is 0 Å². The van der Waals surface area contributed by atoms with Gasteiger partial charge in [-0.05, 0) is 123 Å². The van der Waals surface area contributed by atoms with Crippen LogP contribution in [0.1, 0.15) is 91.4 Å². The van der Waals surface area contributed by atoms with Gasteiger partial charge in [-0.15, -0.1) is 0 Å². The zero-order valence-corrected chi connectivity index (χ0v) is 22.8. The highest BCUT2D eigenvalue weighted by Crippen LogP contribution is 2.68. The summed E-state index contributed by atoms with van der Waals surface area (Å²) in [5.41, 5.74) is 0.777. The summed E-state index contributed by atoms with van der Waals surface area (Å²) in [4.78, 5) is 24.7. The normalized spacial score (nSPS) is 40.3. The molecule has 5 unspecified atom stereocenters. The van der Waals surface area contributed by atoms with Gasteiger partial charge >= 0.3 is 11.9 Å². The molecule has 36 heavy (non-hydrogen) atoms. The van der Waals surface area contributed by atoms with E-state index in [0.29, 0.717) is 34.8 Å². The lowest BCUT2D eigenvalue weighted by Crippen LogP contribution is -2.54. The van der Waals surface area contributed by atoms with Gasteiger partial charge in [0.05, 0.1) is 13.0 Å². The maximum absolute atomic E-state index is 13.0. The molecule has 0 N–H and O–H groups in total. The van der Waals surface area contributed by atoms with Crippen molar-refractivity contribution in [3.63, 3.8) is 0 Å². The molecule has 4 aliphatic rings. The van der Waals surface area contributed by atoms with Crippen LogP contribution < -0.4 is 4.74 Å². The standard InChI is InChI=1S/C32H46O4/c1-21(10-15-29(33)35-4)26-13-14-27-25-12-11-23-20-22(30(34)36-24-8-6-5-7-9-24)16-18-31(23,2)28(25)17-19-32(26,27)3/h5-9,21-23,25-28H,10-20H2,1-4H3/t21?,22-,23-,25?,26?,27?,28?,31+,32-/m1/s1. The maximum atomic E-state index is 13.0. The first-order valence-electron chi connectivity index (χ1n) is 14.6. The van der Waals surface area contributed by atoms with Gasteiger partial charge in [-0.1, -0.05) is 39.0 Å². The van der Waals surface area contributed by atoms with Gasteiger partial charge in [-0.25, -0.2) is 0 Å². The Kier molecular flexibility index (Phi) is 7.26. The average molecular weight is 495 g/mol. The number of methoxy groups -OCH3 is 1. The summed E-state index contributed by atoms with van der Waals surface area (Å²) < 4.78 is 10.7. The van der Waals surface area contributed by atoms with E-state index in [2.05, 4.69) is 20.8 Å². The topological polar surface area (TPSA) is 52.6 Å². The Morgan fingerprint density at radius 2 is 1.67 bits per heavy atom. The van der Waals surface area contributed by atoms with Crippen LogP contribution in [0.3, 0.4) is 0 Å². The van der Waals surface area contributed by atoms with E-state index >= 15 is 0 Å². The molecule has 4 nitrogen and oxygen atoms in total. The summed E-state index contributed by atoms with van der Waals surface area (Å²) in [6, 6.07) is 9.55. The van der Waals surface area contributed by atoms with E-state index in [9.17, 15) is 9.59 Å². The van der Waals surface area contributed by atoms with Crippen molar-refractivity contribution in [3.05, 3.63) is 30.3 Å². The number of rotatable bonds is 6. The van der Waals surface area contributed by atoms with E-state index in [0.717, 1.165) is 49.4 Å². The van der Waals surface area contributed by atoms with Crippen molar-refractivity contribution in [2.45, 2.75) is 91.4 Å². The molecule has 0 saturated heterocycles. The van der Waals surface area contributed by atoms with Crippen LogP contribution in [-0.2, 0) is 14.3 Å². The van der Waals surface area contributed by atoms with Crippen molar-refractivity contribution in [2.24, 2.45) is 52.3 Å².